The number of nitrogens with two attached hydrogens (primary N) is 1. The van der Waals surface area contributed by atoms with Gasteiger partial charge in [0.1, 0.15) is 28.7 Å². The number of para-hydroxylation sites is 1. The van der Waals surface area contributed by atoms with Gasteiger partial charge in [0, 0.05) is 40.3 Å². The molecular weight excluding hydrogens is 639 g/mol. The van der Waals surface area contributed by atoms with Gasteiger partial charge in [0.05, 0.1) is 16.0 Å². The number of carbonyl (C=O) groups is 1. The molecule has 1 fully saturated rings. The highest BCUT2D eigenvalue weighted by molar-refractivity contribution is 7.91. The van der Waals surface area contributed by atoms with Crippen molar-refractivity contribution in [2.45, 2.75) is 50.8 Å². The molecule has 44 heavy (non-hydrogen) atoms. The number of benzene rings is 3. The molecule has 0 spiro atoms. The molecule has 0 aliphatic carbocycles. The Labute approximate surface area is 272 Å². The van der Waals surface area contributed by atoms with E-state index < -0.39 is 15.9 Å². The zero-order valence-corrected chi connectivity index (χ0v) is 27.4. The van der Waals surface area contributed by atoms with Crippen LogP contribution in [0, 0.1) is 13.8 Å². The summed E-state index contributed by atoms with van der Waals surface area (Å²) >= 11 is 18.2. The number of likely N-dealkylation sites (tertiary alicyclic amines) is 1. The van der Waals surface area contributed by atoms with Crippen molar-refractivity contribution in [3.8, 4) is 5.75 Å². The van der Waals surface area contributed by atoms with Crippen LogP contribution in [0.15, 0.2) is 65.6 Å². The lowest BCUT2D eigenvalue weighted by Gasteiger charge is -2.24. The van der Waals surface area contributed by atoms with Gasteiger partial charge in [-0.05, 0) is 62.1 Å². The molecule has 1 amide bonds. The first kappa shape index (κ1) is 32.1. The molecule has 4 aromatic rings. The average Bonchev–Trinajstić information content (AvgIpc) is 3.43. The van der Waals surface area contributed by atoms with Gasteiger partial charge in [-0.1, -0.05) is 71.8 Å². The molecular formula is C32H32Cl2N4O4S2. The summed E-state index contributed by atoms with van der Waals surface area (Å²) in [7, 11) is -3.93. The van der Waals surface area contributed by atoms with Gasteiger partial charge in [-0.15, -0.1) is 0 Å². The number of hydrogen-bond acceptors (Lipinski definition) is 7. The maximum Gasteiger partial charge on any atom is 0.237 e. The Kier molecular flexibility index (Phi) is 9.77. The van der Waals surface area contributed by atoms with E-state index in [1.165, 1.54) is 12.1 Å². The number of pyridine rings is 1. The van der Waals surface area contributed by atoms with Gasteiger partial charge >= 0.3 is 0 Å². The van der Waals surface area contributed by atoms with Gasteiger partial charge < -0.3 is 15.8 Å². The molecule has 1 atom stereocenters. The van der Waals surface area contributed by atoms with Crippen LogP contribution in [-0.2, 0) is 27.8 Å². The van der Waals surface area contributed by atoms with E-state index in [1.807, 2.05) is 44.2 Å². The molecule has 0 bridgehead atoms. The number of halogens is 2. The standard InChI is InChI=1S/C32H32Cl2N4O4S2/c1-19-15-20(2)37-30-23(19)5-3-7-27(30)42-17-24-25(33)12-13-28(29(24)34)44(40,41)18-38-14-4-6-26(38)32(39)36-16-21-8-10-22(11-9-21)31(35)43/h3,5,7-13,15,26H,4,6,14,16-18H2,1-2H3,(H2,35,43)(H,36,39). The van der Waals surface area contributed by atoms with Gasteiger partial charge in [-0.25, -0.2) is 13.4 Å². The van der Waals surface area contributed by atoms with Crippen LogP contribution in [0.1, 0.15) is 40.8 Å². The Morgan fingerprint density at radius 2 is 1.89 bits per heavy atom. The number of fused-ring (bicyclic) bond motifs is 1. The van der Waals surface area contributed by atoms with Gasteiger partial charge in [0.2, 0.25) is 5.91 Å². The third-order valence-corrected chi connectivity index (χ3v) is 10.5. The smallest absolute Gasteiger partial charge is 0.237 e. The van der Waals surface area contributed by atoms with Crippen LogP contribution in [-0.4, -0.2) is 47.7 Å². The van der Waals surface area contributed by atoms with E-state index in [4.69, 9.17) is 45.9 Å². The van der Waals surface area contributed by atoms with Crippen molar-refractivity contribution in [1.82, 2.24) is 15.2 Å². The first-order valence-electron chi connectivity index (χ1n) is 14.0. The minimum absolute atomic E-state index is 0.00124. The Bertz CT molecular complexity index is 1850. The van der Waals surface area contributed by atoms with E-state index in [0.717, 1.165) is 27.8 Å². The predicted molar refractivity (Wildman–Crippen MR) is 178 cm³/mol. The van der Waals surface area contributed by atoms with Gasteiger partial charge in [0.15, 0.2) is 9.84 Å². The zero-order valence-electron chi connectivity index (χ0n) is 24.3. The first-order valence-corrected chi connectivity index (χ1v) is 16.9. The number of ether oxygens (including phenoxy) is 1. The quantitative estimate of drug-likeness (QED) is 0.201. The Morgan fingerprint density at radius 1 is 1.14 bits per heavy atom. The predicted octanol–water partition coefficient (Wildman–Crippen LogP) is 5.88. The number of aromatic nitrogens is 1. The summed E-state index contributed by atoms with van der Waals surface area (Å²) in [5.74, 6) is -0.0535. The number of aryl methyl sites for hydroxylation is 2. The lowest BCUT2D eigenvalue weighted by molar-refractivity contribution is -0.125. The van der Waals surface area contributed by atoms with Crippen molar-refractivity contribution >= 4 is 67.1 Å². The fourth-order valence-corrected chi connectivity index (χ4v) is 7.95. The minimum atomic E-state index is -3.93. The SMILES string of the molecule is Cc1cc(C)c2cccc(OCc3c(Cl)ccc(S(=O)(=O)CN4CCCC4C(=O)NCc4ccc(C(N)=S)cc4)c3Cl)c2n1. The van der Waals surface area contributed by atoms with E-state index in [2.05, 4.69) is 10.3 Å². The van der Waals surface area contributed by atoms with E-state index in [1.54, 1.807) is 23.1 Å². The second-order valence-corrected chi connectivity index (χ2v) is 14.0. The molecule has 1 aliphatic rings. The Balaban J connectivity index is 1.29. The highest BCUT2D eigenvalue weighted by Gasteiger charge is 2.35. The first-order chi connectivity index (χ1) is 20.9. The molecule has 0 radical (unpaired) electrons. The van der Waals surface area contributed by atoms with Crippen LogP contribution < -0.4 is 15.8 Å². The largest absolute Gasteiger partial charge is 0.487 e. The number of hydrogen-bond donors (Lipinski definition) is 2. The summed E-state index contributed by atoms with van der Waals surface area (Å²) < 4.78 is 33.4. The van der Waals surface area contributed by atoms with Crippen LogP contribution in [0.3, 0.4) is 0 Å². The summed E-state index contributed by atoms with van der Waals surface area (Å²) in [6.45, 7) is 4.63. The van der Waals surface area contributed by atoms with E-state index in [0.29, 0.717) is 47.7 Å². The average molecular weight is 672 g/mol. The monoisotopic (exact) mass is 670 g/mol. The highest BCUT2D eigenvalue weighted by atomic mass is 35.5. The third-order valence-electron chi connectivity index (χ3n) is 7.70. The van der Waals surface area contributed by atoms with Crippen molar-refractivity contribution in [1.29, 1.82) is 0 Å². The summed E-state index contributed by atoms with van der Waals surface area (Å²) in [4.78, 5) is 19.6. The summed E-state index contributed by atoms with van der Waals surface area (Å²) in [6, 6.07) is 17.3. The van der Waals surface area contributed by atoms with Crippen LogP contribution >= 0.6 is 35.4 Å². The molecule has 5 rings (SSSR count). The third kappa shape index (κ3) is 7.00. The number of nitrogens with zero attached hydrogens (tertiary/aromatic N) is 2. The number of carbonyl (C=O) groups excluding carboxylic acids is 1. The van der Waals surface area contributed by atoms with Crippen LogP contribution in [0.4, 0.5) is 0 Å². The number of nitrogens with one attached hydrogen (secondary N) is 1. The molecule has 3 aromatic carbocycles. The van der Waals surface area contributed by atoms with Crippen molar-refractivity contribution in [3.05, 3.63) is 98.7 Å². The number of amides is 1. The molecule has 1 saturated heterocycles. The van der Waals surface area contributed by atoms with Crippen LogP contribution in [0.25, 0.3) is 10.9 Å². The number of thiocarbonyl (C=S) groups is 1. The van der Waals surface area contributed by atoms with Crippen molar-refractivity contribution < 1.29 is 17.9 Å². The Morgan fingerprint density at radius 3 is 2.61 bits per heavy atom. The van der Waals surface area contributed by atoms with Crippen LogP contribution in [0.2, 0.25) is 10.0 Å². The maximum atomic E-state index is 13.7. The zero-order chi connectivity index (χ0) is 31.6. The van der Waals surface area contributed by atoms with Crippen molar-refractivity contribution in [2.24, 2.45) is 5.73 Å². The van der Waals surface area contributed by atoms with Gasteiger partial charge in [-0.2, -0.15) is 0 Å². The molecule has 3 N–H and O–H groups in total. The number of rotatable bonds is 10. The summed E-state index contributed by atoms with van der Waals surface area (Å²) in [5, 5.41) is 4.16. The van der Waals surface area contributed by atoms with E-state index in [9.17, 15) is 13.2 Å². The topological polar surface area (TPSA) is 115 Å². The van der Waals surface area contributed by atoms with E-state index in [-0.39, 0.29) is 33.3 Å². The second kappa shape index (κ2) is 13.4. The van der Waals surface area contributed by atoms with Gasteiger partial charge in [-0.3, -0.25) is 9.69 Å². The highest BCUT2D eigenvalue weighted by Crippen LogP contribution is 2.35. The summed E-state index contributed by atoms with van der Waals surface area (Å²) in [6.07, 6.45) is 1.24. The molecule has 8 nitrogen and oxygen atoms in total. The normalized spacial score (nSPS) is 15.4. The fourth-order valence-electron chi connectivity index (χ4n) is 5.43. The lowest BCUT2D eigenvalue weighted by Crippen LogP contribution is -2.44. The molecule has 1 unspecified atom stereocenters. The lowest BCUT2D eigenvalue weighted by atomic mass is 10.1. The van der Waals surface area contributed by atoms with Crippen molar-refractivity contribution in [3.63, 3.8) is 0 Å². The van der Waals surface area contributed by atoms with Crippen molar-refractivity contribution in [2.75, 3.05) is 12.4 Å². The maximum absolute atomic E-state index is 13.7. The molecule has 1 aromatic heterocycles. The molecule has 2 heterocycles. The molecule has 12 heteroatoms. The van der Waals surface area contributed by atoms with Crippen LogP contribution in [0.5, 0.6) is 5.75 Å². The molecule has 230 valence electrons. The van der Waals surface area contributed by atoms with E-state index >= 15 is 0 Å². The second-order valence-electron chi connectivity index (χ2n) is 10.9. The summed E-state index contributed by atoms with van der Waals surface area (Å²) in [5.41, 5.74) is 10.3. The molecule has 0 saturated carbocycles. The minimum Gasteiger partial charge on any atom is -0.487 e. The van der Waals surface area contributed by atoms with Gasteiger partial charge in [0.25, 0.3) is 0 Å². The number of sulfone groups is 1. The fraction of sp³-hybridized carbons (Fsp3) is 0.281. The Hall–Kier alpha value is -3.28. The molecule has 1 aliphatic heterocycles.